The van der Waals surface area contributed by atoms with Crippen molar-refractivity contribution in [2.24, 2.45) is 28.4 Å². The van der Waals surface area contributed by atoms with E-state index in [2.05, 4.69) is 16.0 Å². The molecule has 260 valence electrons. The van der Waals surface area contributed by atoms with E-state index in [9.17, 15) is 28.8 Å². The van der Waals surface area contributed by atoms with Crippen LogP contribution in [0, 0.1) is 22.7 Å². The first-order valence-corrected chi connectivity index (χ1v) is 17.0. The van der Waals surface area contributed by atoms with E-state index < -0.39 is 70.2 Å². The highest BCUT2D eigenvalue weighted by atomic mass is 16.6. The van der Waals surface area contributed by atoms with Crippen molar-refractivity contribution in [3.8, 4) is 0 Å². The Bertz CT molecular complexity index is 1160. The number of primary amides is 1. The summed E-state index contributed by atoms with van der Waals surface area (Å²) in [4.78, 5) is 81.0. The van der Waals surface area contributed by atoms with Gasteiger partial charge in [-0.3, -0.25) is 19.2 Å². The average molecular weight is 648 g/mol. The molecule has 0 bridgehead atoms. The van der Waals surface area contributed by atoms with Crippen LogP contribution in [0.5, 0.6) is 0 Å². The highest BCUT2D eigenvalue weighted by Gasteiger charge is 2.49. The van der Waals surface area contributed by atoms with Gasteiger partial charge in [-0.15, -0.1) is 0 Å². The van der Waals surface area contributed by atoms with Gasteiger partial charge >= 0.3 is 12.0 Å². The van der Waals surface area contributed by atoms with Crippen molar-refractivity contribution in [2.75, 3.05) is 6.54 Å². The Morgan fingerprint density at radius 3 is 2.00 bits per heavy atom. The van der Waals surface area contributed by atoms with Crippen molar-refractivity contribution < 1.29 is 33.5 Å². The molecule has 5 atom stereocenters. The predicted octanol–water partition coefficient (Wildman–Crippen LogP) is 3.35. The van der Waals surface area contributed by atoms with Gasteiger partial charge in [0.25, 0.3) is 5.91 Å². The number of ketones is 1. The lowest BCUT2D eigenvalue weighted by molar-refractivity contribution is -0.160. The summed E-state index contributed by atoms with van der Waals surface area (Å²) in [6, 6.07) is -4.52. The van der Waals surface area contributed by atoms with E-state index >= 15 is 0 Å². The van der Waals surface area contributed by atoms with Crippen molar-refractivity contribution in [1.29, 1.82) is 0 Å². The van der Waals surface area contributed by atoms with Crippen LogP contribution in [0.15, 0.2) is 0 Å². The highest BCUT2D eigenvalue weighted by Crippen LogP contribution is 2.42. The number of esters is 1. The number of nitrogens with zero attached hydrogens (tertiary/aromatic N) is 1. The van der Waals surface area contributed by atoms with Gasteiger partial charge in [0.15, 0.2) is 0 Å². The summed E-state index contributed by atoms with van der Waals surface area (Å²) in [6.45, 7) is 15.0. The zero-order valence-corrected chi connectivity index (χ0v) is 29.1. The van der Waals surface area contributed by atoms with Crippen molar-refractivity contribution in [1.82, 2.24) is 20.9 Å². The van der Waals surface area contributed by atoms with Gasteiger partial charge in [-0.2, -0.15) is 0 Å². The van der Waals surface area contributed by atoms with Crippen molar-refractivity contribution in [3.63, 3.8) is 0 Å². The third-order valence-electron chi connectivity index (χ3n) is 9.97. The third-order valence-corrected chi connectivity index (χ3v) is 9.97. The van der Waals surface area contributed by atoms with Crippen molar-refractivity contribution >= 4 is 35.5 Å². The van der Waals surface area contributed by atoms with Crippen LogP contribution in [0.1, 0.15) is 120 Å². The van der Waals surface area contributed by atoms with E-state index in [-0.39, 0.29) is 17.7 Å². The maximum atomic E-state index is 14.5. The number of amides is 5. The second-order valence-electron chi connectivity index (χ2n) is 16.1. The fourth-order valence-corrected chi connectivity index (χ4v) is 6.91. The number of likely N-dealkylation sites (tertiary alicyclic amines) is 1. The number of urea groups is 1. The molecule has 5 amide bonds. The second-order valence-corrected chi connectivity index (χ2v) is 16.1. The standard InChI is InChI=1S/C34H57N5O7/c1-9-20-18-23(28(42)36-22(24(40)27(35)41)17-21-13-12-14-21)39(19-20)29(43)25(34(8)15-10-11-16-34)37-31(45)38-26(32(2,3)4)30(44)46-33(5,6)7/h20-23,25-26H,9-19H2,1-8H3,(H2,35,41)(H,36,42)(H2,37,38,45)/t20-,22?,23+,25-,26-/m1/s1. The molecule has 5 N–H and O–H groups in total. The topological polar surface area (TPSA) is 177 Å². The number of rotatable bonds is 12. The van der Waals surface area contributed by atoms with Crippen LogP contribution in [0.3, 0.4) is 0 Å². The molecule has 1 heterocycles. The molecule has 0 aromatic carbocycles. The van der Waals surface area contributed by atoms with Crippen LogP contribution in [0.2, 0.25) is 0 Å². The number of carbonyl (C=O) groups is 6. The minimum absolute atomic E-state index is 0.0416. The highest BCUT2D eigenvalue weighted by molar-refractivity contribution is 6.37. The predicted molar refractivity (Wildman–Crippen MR) is 173 cm³/mol. The van der Waals surface area contributed by atoms with E-state index in [1.165, 1.54) is 4.90 Å². The molecule has 0 aromatic heterocycles. The molecule has 1 aliphatic heterocycles. The first-order chi connectivity index (χ1) is 21.3. The summed E-state index contributed by atoms with van der Waals surface area (Å²) >= 11 is 0. The van der Waals surface area contributed by atoms with Gasteiger partial charge in [0.2, 0.25) is 17.6 Å². The maximum Gasteiger partial charge on any atom is 0.329 e. The summed E-state index contributed by atoms with van der Waals surface area (Å²) in [7, 11) is 0. The largest absolute Gasteiger partial charge is 0.458 e. The summed E-state index contributed by atoms with van der Waals surface area (Å²) in [5, 5.41) is 8.45. The van der Waals surface area contributed by atoms with E-state index in [4.69, 9.17) is 10.5 Å². The lowest BCUT2D eigenvalue weighted by atomic mass is 9.79. The molecule has 3 rings (SSSR count). The quantitative estimate of drug-likeness (QED) is 0.185. The third kappa shape index (κ3) is 9.44. The normalized spacial score (nSPS) is 23.4. The van der Waals surface area contributed by atoms with Crippen LogP contribution in [0.25, 0.3) is 0 Å². The second kappa shape index (κ2) is 14.7. The Balaban J connectivity index is 1.86. The summed E-state index contributed by atoms with van der Waals surface area (Å²) in [5.41, 5.74) is 3.31. The maximum absolute atomic E-state index is 14.5. The Kier molecular flexibility index (Phi) is 11.9. The minimum atomic E-state index is -1.10. The SMILES string of the molecule is CC[C@@H]1C[C@@H](C(=O)NC(CC2CCC2)C(=O)C(N)=O)N(C(=O)[C@@H](NC(=O)N[C@H](C(=O)OC(C)(C)C)C(C)(C)C)C2(C)CCCC2)C1. The molecular weight excluding hydrogens is 590 g/mol. The molecule has 46 heavy (non-hydrogen) atoms. The van der Waals surface area contributed by atoms with Crippen molar-refractivity contribution in [3.05, 3.63) is 0 Å². The first kappa shape index (κ1) is 37.3. The molecule has 12 heteroatoms. The number of carbonyl (C=O) groups excluding carboxylic acids is 6. The Hall–Kier alpha value is -3.18. The number of nitrogens with one attached hydrogen (secondary N) is 3. The molecule has 1 unspecified atom stereocenters. The van der Waals surface area contributed by atoms with E-state index in [0.717, 1.165) is 38.5 Å². The van der Waals surface area contributed by atoms with Gasteiger partial charge in [-0.25, -0.2) is 9.59 Å². The van der Waals surface area contributed by atoms with Crippen LogP contribution < -0.4 is 21.7 Å². The summed E-state index contributed by atoms with van der Waals surface area (Å²) < 4.78 is 5.59. The number of ether oxygens (including phenoxy) is 1. The van der Waals surface area contributed by atoms with Gasteiger partial charge in [0.05, 0.1) is 6.04 Å². The molecule has 0 radical (unpaired) electrons. The number of Topliss-reactive ketones (excluding diaryl/α,β-unsaturated/α-hetero) is 1. The number of hydrogen-bond acceptors (Lipinski definition) is 7. The van der Waals surface area contributed by atoms with Gasteiger partial charge in [-0.05, 0) is 69.1 Å². The fraction of sp³-hybridized carbons (Fsp3) is 0.824. The van der Waals surface area contributed by atoms with E-state index in [1.807, 2.05) is 34.6 Å². The van der Waals surface area contributed by atoms with Gasteiger partial charge in [0.1, 0.15) is 23.7 Å². The van der Waals surface area contributed by atoms with Crippen LogP contribution in [-0.2, 0) is 28.7 Å². The minimum Gasteiger partial charge on any atom is -0.458 e. The zero-order chi connectivity index (χ0) is 34.6. The van der Waals surface area contributed by atoms with E-state index in [0.29, 0.717) is 32.2 Å². The average Bonchev–Trinajstić information content (AvgIpc) is 3.56. The summed E-state index contributed by atoms with van der Waals surface area (Å²) in [5.74, 6) is -3.12. The molecule has 2 aliphatic carbocycles. The number of nitrogens with two attached hydrogens (primary N) is 1. The van der Waals surface area contributed by atoms with Gasteiger partial charge in [0, 0.05) is 6.54 Å². The number of hydrogen-bond donors (Lipinski definition) is 4. The van der Waals surface area contributed by atoms with Crippen molar-refractivity contribution in [2.45, 2.75) is 149 Å². The Morgan fingerprint density at radius 1 is 0.913 bits per heavy atom. The monoisotopic (exact) mass is 647 g/mol. The van der Waals surface area contributed by atoms with Crippen LogP contribution in [0.4, 0.5) is 4.79 Å². The lowest BCUT2D eigenvalue weighted by Gasteiger charge is -2.38. The van der Waals surface area contributed by atoms with E-state index in [1.54, 1.807) is 20.8 Å². The lowest BCUT2D eigenvalue weighted by Crippen LogP contribution is -2.62. The summed E-state index contributed by atoms with van der Waals surface area (Å²) in [6.07, 6.45) is 7.54. The van der Waals surface area contributed by atoms with Crippen LogP contribution >= 0.6 is 0 Å². The van der Waals surface area contributed by atoms with Gasteiger partial charge in [-0.1, -0.05) is 73.1 Å². The fourth-order valence-electron chi connectivity index (χ4n) is 6.91. The smallest absolute Gasteiger partial charge is 0.329 e. The molecule has 12 nitrogen and oxygen atoms in total. The zero-order valence-electron chi connectivity index (χ0n) is 29.1. The molecule has 3 fully saturated rings. The molecular formula is C34H57N5O7. The molecule has 3 aliphatic rings. The Labute approximate surface area is 274 Å². The molecule has 0 aromatic rings. The molecule has 0 spiro atoms. The Morgan fingerprint density at radius 2 is 1.52 bits per heavy atom. The molecule has 1 saturated heterocycles. The van der Waals surface area contributed by atoms with Gasteiger partial charge < -0.3 is 31.3 Å². The molecule has 2 saturated carbocycles. The first-order valence-electron chi connectivity index (χ1n) is 17.0. The van der Waals surface area contributed by atoms with Crippen LogP contribution in [-0.4, -0.2) is 76.7 Å².